The summed E-state index contributed by atoms with van der Waals surface area (Å²) in [5.41, 5.74) is 2.56. The lowest BCUT2D eigenvalue weighted by Gasteiger charge is -2.09. The number of hydrogen-bond acceptors (Lipinski definition) is 4. The number of nitrogens with one attached hydrogen (secondary N) is 1. The molecule has 86 valence electrons. The van der Waals surface area contributed by atoms with Crippen molar-refractivity contribution in [2.24, 2.45) is 0 Å². The van der Waals surface area contributed by atoms with Gasteiger partial charge < -0.3 is 9.84 Å². The molecule has 3 rings (SSSR count). The largest absolute Gasteiger partial charge is 0.359 e. The van der Waals surface area contributed by atoms with Crippen LogP contribution in [0.2, 0.25) is 0 Å². The quantitative estimate of drug-likeness (QED) is 0.847. The number of ketones is 1. The Morgan fingerprint density at radius 1 is 1.24 bits per heavy atom. The number of carbonyl (C=O) groups is 1. The molecule has 1 aromatic carbocycles. The number of nitrogens with zero attached hydrogens (tertiary/aromatic N) is 1. The van der Waals surface area contributed by atoms with E-state index in [1.165, 1.54) is 0 Å². The first-order valence-corrected chi connectivity index (χ1v) is 5.60. The molecule has 4 nitrogen and oxygen atoms in total. The highest BCUT2D eigenvalue weighted by Gasteiger charge is 2.25. The molecule has 4 heteroatoms. The van der Waals surface area contributed by atoms with Crippen LogP contribution in [0.3, 0.4) is 0 Å². The molecule has 1 N–H and O–H groups in total. The average Bonchev–Trinajstić information content (AvgIpc) is 2.75. The summed E-state index contributed by atoms with van der Waals surface area (Å²) in [7, 11) is 0. The molecule has 0 unspecified atom stereocenters. The van der Waals surface area contributed by atoms with Gasteiger partial charge in [0.25, 0.3) is 0 Å². The van der Waals surface area contributed by atoms with Gasteiger partial charge in [-0.25, -0.2) is 0 Å². The Balaban J connectivity index is 1.94. The summed E-state index contributed by atoms with van der Waals surface area (Å²) in [6.07, 6.45) is 0.644. The predicted octanol–water partition coefficient (Wildman–Crippen LogP) is 1.55. The topological polar surface area (TPSA) is 55.1 Å². The molecule has 2 heterocycles. The minimum Gasteiger partial charge on any atom is -0.359 e. The molecule has 17 heavy (non-hydrogen) atoms. The second-order valence-electron chi connectivity index (χ2n) is 4.12. The van der Waals surface area contributed by atoms with Crippen LogP contribution in [0.4, 0.5) is 0 Å². The van der Waals surface area contributed by atoms with Crippen LogP contribution in [-0.2, 0) is 13.0 Å². The van der Waals surface area contributed by atoms with Crippen LogP contribution in [0.5, 0.6) is 0 Å². The van der Waals surface area contributed by atoms with E-state index in [1.54, 1.807) is 0 Å². The van der Waals surface area contributed by atoms with E-state index >= 15 is 0 Å². The molecular weight excluding hydrogens is 216 g/mol. The fourth-order valence-corrected chi connectivity index (χ4v) is 2.09. The highest BCUT2D eigenvalue weighted by molar-refractivity contribution is 6.00. The number of fused-ring (bicyclic) bond motifs is 1. The van der Waals surface area contributed by atoms with Crippen LogP contribution in [-0.4, -0.2) is 17.5 Å². The highest BCUT2D eigenvalue weighted by Crippen LogP contribution is 2.20. The normalized spacial score (nSPS) is 14.7. The highest BCUT2D eigenvalue weighted by atomic mass is 16.5. The van der Waals surface area contributed by atoms with E-state index in [0.29, 0.717) is 30.8 Å². The summed E-state index contributed by atoms with van der Waals surface area (Å²) in [5, 5.41) is 6.99. The average molecular weight is 228 g/mol. The first-order chi connectivity index (χ1) is 8.34. The Morgan fingerprint density at radius 3 is 2.88 bits per heavy atom. The van der Waals surface area contributed by atoms with Crippen molar-refractivity contribution in [3.63, 3.8) is 0 Å². The van der Waals surface area contributed by atoms with Gasteiger partial charge in [0.15, 0.2) is 11.5 Å². The van der Waals surface area contributed by atoms with Gasteiger partial charge in [-0.1, -0.05) is 35.5 Å². The van der Waals surface area contributed by atoms with Crippen LogP contribution < -0.4 is 5.32 Å². The Hall–Kier alpha value is -1.94. The van der Waals surface area contributed by atoms with Gasteiger partial charge in [-0.15, -0.1) is 0 Å². The maximum atomic E-state index is 11.8. The predicted molar refractivity (Wildman–Crippen MR) is 61.8 cm³/mol. The summed E-state index contributed by atoms with van der Waals surface area (Å²) in [5.74, 6) is 0.727. The zero-order chi connectivity index (χ0) is 11.7. The second-order valence-corrected chi connectivity index (χ2v) is 4.12. The van der Waals surface area contributed by atoms with Gasteiger partial charge in [-0.3, -0.25) is 4.79 Å². The molecule has 0 amide bonds. The number of Topliss-reactive ketones (excluding diaryl/α,β-unsaturated/α-hetero) is 1. The maximum Gasteiger partial charge on any atom is 0.182 e. The van der Waals surface area contributed by atoms with Crippen molar-refractivity contribution < 1.29 is 9.32 Å². The van der Waals surface area contributed by atoms with E-state index in [4.69, 9.17) is 4.52 Å². The second kappa shape index (κ2) is 4.14. The Labute approximate surface area is 98.6 Å². The van der Waals surface area contributed by atoms with E-state index in [9.17, 15) is 4.79 Å². The molecule has 0 saturated carbocycles. The lowest BCUT2D eigenvalue weighted by Crippen LogP contribution is -2.29. The molecule has 1 aliphatic rings. The van der Waals surface area contributed by atoms with Gasteiger partial charge in [-0.05, 0) is 5.56 Å². The Morgan fingerprint density at radius 2 is 2.06 bits per heavy atom. The Bertz CT molecular complexity index is 546. The third kappa shape index (κ3) is 1.87. The van der Waals surface area contributed by atoms with E-state index < -0.39 is 0 Å². The van der Waals surface area contributed by atoms with Crippen molar-refractivity contribution >= 4 is 5.78 Å². The molecule has 2 aromatic rings. The summed E-state index contributed by atoms with van der Waals surface area (Å²) in [6, 6.07) is 9.96. The van der Waals surface area contributed by atoms with E-state index in [2.05, 4.69) is 10.5 Å². The number of rotatable bonds is 2. The van der Waals surface area contributed by atoms with E-state index in [1.807, 2.05) is 30.3 Å². The van der Waals surface area contributed by atoms with Gasteiger partial charge >= 0.3 is 0 Å². The van der Waals surface area contributed by atoms with Crippen LogP contribution in [0.15, 0.2) is 34.9 Å². The number of carbonyl (C=O) groups excluding carboxylic acids is 1. The third-order valence-corrected chi connectivity index (χ3v) is 2.90. The van der Waals surface area contributed by atoms with Crippen molar-refractivity contribution in [3.8, 4) is 0 Å². The van der Waals surface area contributed by atoms with Crippen molar-refractivity contribution in [1.82, 2.24) is 10.5 Å². The molecule has 0 spiro atoms. The summed E-state index contributed by atoms with van der Waals surface area (Å²) < 4.78 is 5.20. The van der Waals surface area contributed by atoms with Crippen LogP contribution in [0, 0.1) is 0 Å². The first kappa shape index (κ1) is 10.2. The fourth-order valence-electron chi connectivity index (χ4n) is 2.09. The van der Waals surface area contributed by atoms with Gasteiger partial charge in [-0.2, -0.15) is 0 Å². The molecule has 1 aliphatic heterocycles. The van der Waals surface area contributed by atoms with Crippen molar-refractivity contribution in [2.45, 2.75) is 13.0 Å². The van der Waals surface area contributed by atoms with Crippen molar-refractivity contribution in [3.05, 3.63) is 52.9 Å². The summed E-state index contributed by atoms with van der Waals surface area (Å²) in [6.45, 7) is 0.957. The van der Waals surface area contributed by atoms with Gasteiger partial charge in [0, 0.05) is 6.42 Å². The minimum atomic E-state index is 0.0680. The number of aromatic nitrogens is 1. The fraction of sp³-hybridized carbons (Fsp3) is 0.231. The maximum absolute atomic E-state index is 11.8. The van der Waals surface area contributed by atoms with Crippen LogP contribution >= 0.6 is 0 Å². The molecule has 0 atom stereocenters. The zero-order valence-corrected chi connectivity index (χ0v) is 9.27. The number of benzene rings is 1. The summed E-state index contributed by atoms with van der Waals surface area (Å²) >= 11 is 0. The molecule has 0 bridgehead atoms. The molecule has 0 radical (unpaired) electrons. The third-order valence-electron chi connectivity index (χ3n) is 2.90. The molecular formula is C13H12N2O2. The van der Waals surface area contributed by atoms with Crippen molar-refractivity contribution in [2.75, 3.05) is 6.54 Å². The van der Waals surface area contributed by atoms with E-state index in [0.717, 1.165) is 11.3 Å². The van der Waals surface area contributed by atoms with Crippen LogP contribution in [0.25, 0.3) is 0 Å². The monoisotopic (exact) mass is 228 g/mol. The lowest BCUT2D eigenvalue weighted by atomic mass is 10.0. The van der Waals surface area contributed by atoms with Gasteiger partial charge in [0.05, 0.1) is 24.3 Å². The summed E-state index contributed by atoms with van der Waals surface area (Å²) in [4.78, 5) is 11.8. The molecule has 0 saturated heterocycles. The van der Waals surface area contributed by atoms with Gasteiger partial charge in [0.2, 0.25) is 0 Å². The smallest absolute Gasteiger partial charge is 0.182 e. The van der Waals surface area contributed by atoms with E-state index in [-0.39, 0.29) is 5.78 Å². The minimum absolute atomic E-state index is 0.0680. The molecule has 0 fully saturated rings. The van der Waals surface area contributed by atoms with Crippen LogP contribution in [0.1, 0.15) is 27.4 Å². The standard InChI is InChI=1S/C13H12N2O2/c16-11-7-14-8-12-13(11)10(15-17-12)6-9-4-2-1-3-5-9/h1-5,14H,6-8H2. The Kier molecular flexibility index (Phi) is 2.49. The lowest BCUT2D eigenvalue weighted by molar-refractivity contribution is 0.0978. The number of hydrogen-bond donors (Lipinski definition) is 1. The first-order valence-electron chi connectivity index (χ1n) is 5.60. The zero-order valence-electron chi connectivity index (χ0n) is 9.27. The van der Waals surface area contributed by atoms with Gasteiger partial charge in [0.1, 0.15) is 0 Å². The molecule has 1 aromatic heterocycles. The van der Waals surface area contributed by atoms with Crippen molar-refractivity contribution in [1.29, 1.82) is 0 Å². The SMILES string of the molecule is O=C1CNCc2onc(Cc3ccccc3)c21. The molecule has 0 aliphatic carbocycles.